The van der Waals surface area contributed by atoms with E-state index in [9.17, 15) is 0 Å². The second-order valence-corrected chi connectivity index (χ2v) is 1.72. The molecule has 0 aliphatic rings. The Labute approximate surface area is 83.9 Å². The van der Waals surface area contributed by atoms with Gasteiger partial charge in [0.15, 0.2) is 0 Å². The molecule has 0 aromatic carbocycles. The number of hydrogen-bond donors (Lipinski definition) is 0. The van der Waals surface area contributed by atoms with Crippen molar-refractivity contribution in [1.29, 1.82) is 0 Å². The van der Waals surface area contributed by atoms with E-state index in [1.807, 2.05) is 0 Å². The van der Waals surface area contributed by atoms with Crippen molar-refractivity contribution < 1.29 is 36.6 Å². The number of methoxy groups -OCH3 is 1. The van der Waals surface area contributed by atoms with Crippen LogP contribution in [0.3, 0.4) is 0 Å². The minimum absolute atomic E-state index is 0. The van der Waals surface area contributed by atoms with Gasteiger partial charge in [-0.3, -0.25) is 0 Å². The van der Waals surface area contributed by atoms with Crippen molar-refractivity contribution in [1.82, 2.24) is 0 Å². The molecule has 0 saturated carbocycles. The molecule has 0 unspecified atom stereocenters. The first-order valence-corrected chi connectivity index (χ1v) is 3.35. The van der Waals surface area contributed by atoms with Gasteiger partial charge < -0.3 is 21.1 Å². The van der Waals surface area contributed by atoms with Crippen LogP contribution in [-0.2, 0) is 36.6 Å². The molecule has 0 aromatic rings. The van der Waals surface area contributed by atoms with Crippen molar-refractivity contribution in [3.63, 3.8) is 0 Å². The summed E-state index contributed by atoms with van der Waals surface area (Å²) in [5.41, 5.74) is 0. The van der Waals surface area contributed by atoms with Crippen LogP contribution in [0.15, 0.2) is 0 Å². The van der Waals surface area contributed by atoms with Crippen molar-refractivity contribution in [3.8, 4) is 0 Å². The Balaban J connectivity index is 0. The maximum atomic E-state index is 5.10. The summed E-state index contributed by atoms with van der Waals surface area (Å²) in [4.78, 5) is 0. The first kappa shape index (κ1) is 14.2. The SMILES string of the molecule is [Ag+].[CH2-]COCCOCCOC. The van der Waals surface area contributed by atoms with Crippen LogP contribution in [0.25, 0.3) is 0 Å². The molecular weight excluding hydrogens is 240 g/mol. The minimum Gasteiger partial charge on any atom is -0.411 e. The van der Waals surface area contributed by atoms with Crippen LogP contribution < -0.4 is 0 Å². The average molecular weight is 255 g/mol. The quantitative estimate of drug-likeness (QED) is 0.376. The Hall–Kier alpha value is 0.620. The van der Waals surface area contributed by atoms with Gasteiger partial charge in [-0.2, -0.15) is 0 Å². The molecule has 0 rings (SSSR count). The van der Waals surface area contributed by atoms with Gasteiger partial charge in [0.25, 0.3) is 0 Å². The van der Waals surface area contributed by atoms with E-state index in [1.165, 1.54) is 0 Å². The van der Waals surface area contributed by atoms with E-state index < -0.39 is 0 Å². The molecule has 0 N–H and O–H groups in total. The third-order valence-electron chi connectivity index (χ3n) is 0.948. The molecule has 0 fully saturated rings. The summed E-state index contributed by atoms with van der Waals surface area (Å²) in [6, 6.07) is 0. The van der Waals surface area contributed by atoms with Crippen LogP contribution in [0.5, 0.6) is 0 Å². The molecule has 0 aliphatic heterocycles. The van der Waals surface area contributed by atoms with Gasteiger partial charge >= 0.3 is 22.4 Å². The Bertz CT molecular complexity index is 53.6. The number of hydrogen-bond acceptors (Lipinski definition) is 3. The third kappa shape index (κ3) is 13.6. The van der Waals surface area contributed by atoms with Crippen molar-refractivity contribution in [2.75, 3.05) is 40.1 Å². The van der Waals surface area contributed by atoms with Crippen LogP contribution >= 0.6 is 0 Å². The maximum Gasteiger partial charge on any atom is 1.00 e. The second-order valence-electron chi connectivity index (χ2n) is 1.72. The fourth-order valence-electron chi connectivity index (χ4n) is 0.464. The molecule has 0 heterocycles. The average Bonchev–Trinajstić information content (AvgIpc) is 1.97. The van der Waals surface area contributed by atoms with Crippen LogP contribution in [0.2, 0.25) is 0 Å². The molecule has 0 radical (unpaired) electrons. The van der Waals surface area contributed by atoms with Gasteiger partial charge in [0.1, 0.15) is 0 Å². The largest absolute Gasteiger partial charge is 1.00 e. The van der Waals surface area contributed by atoms with Gasteiger partial charge in [0.2, 0.25) is 0 Å². The molecule has 0 aliphatic carbocycles. The fraction of sp³-hybridized carbons (Fsp3) is 0.857. The number of ether oxygens (including phenoxy) is 3. The molecule has 4 heteroatoms. The summed E-state index contributed by atoms with van der Waals surface area (Å²) >= 11 is 0. The molecule has 3 nitrogen and oxygen atoms in total. The van der Waals surface area contributed by atoms with Crippen LogP contribution in [0.4, 0.5) is 0 Å². The maximum absolute atomic E-state index is 5.10. The van der Waals surface area contributed by atoms with Crippen molar-refractivity contribution in [2.45, 2.75) is 0 Å². The fourth-order valence-corrected chi connectivity index (χ4v) is 0.464. The predicted octanol–water partition coefficient (Wildman–Crippen LogP) is 0.498. The molecule has 0 aromatic heterocycles. The topological polar surface area (TPSA) is 27.7 Å². The molecule has 0 amide bonds. The summed E-state index contributed by atoms with van der Waals surface area (Å²) in [5, 5.41) is 0. The Kier molecular flexibility index (Phi) is 17.0. The van der Waals surface area contributed by atoms with E-state index in [4.69, 9.17) is 14.2 Å². The molecule has 0 bridgehead atoms. The Morgan fingerprint density at radius 2 is 1.55 bits per heavy atom. The first-order valence-electron chi connectivity index (χ1n) is 3.35. The van der Waals surface area contributed by atoms with Crippen molar-refractivity contribution in [2.24, 2.45) is 0 Å². The summed E-state index contributed by atoms with van der Waals surface area (Å²) in [6.07, 6.45) is 0. The zero-order valence-electron chi connectivity index (χ0n) is 6.77. The standard InChI is InChI=1S/C7H15O3.Ag/c1-3-9-6-7-10-5-4-8-2;/h1,3-7H2,2H3;/q-1;+1. The van der Waals surface area contributed by atoms with E-state index in [0.29, 0.717) is 33.0 Å². The summed E-state index contributed by atoms with van der Waals surface area (Å²) in [7, 11) is 1.65. The van der Waals surface area contributed by atoms with Crippen LogP contribution in [0, 0.1) is 6.92 Å². The third-order valence-corrected chi connectivity index (χ3v) is 0.948. The Morgan fingerprint density at radius 1 is 1.00 bits per heavy atom. The van der Waals surface area contributed by atoms with Gasteiger partial charge in [0, 0.05) is 7.11 Å². The number of rotatable bonds is 7. The van der Waals surface area contributed by atoms with Crippen LogP contribution in [-0.4, -0.2) is 40.1 Å². The first-order chi connectivity index (χ1) is 4.91. The normalized spacial score (nSPS) is 9.27. The molecule has 72 valence electrons. The van der Waals surface area contributed by atoms with E-state index >= 15 is 0 Å². The van der Waals surface area contributed by atoms with E-state index in [2.05, 4.69) is 6.92 Å². The summed E-state index contributed by atoms with van der Waals surface area (Å²) < 4.78 is 14.8. The predicted molar refractivity (Wildman–Crippen MR) is 38.9 cm³/mol. The molecule has 11 heavy (non-hydrogen) atoms. The zero-order chi connectivity index (χ0) is 7.66. The zero-order valence-corrected chi connectivity index (χ0v) is 8.25. The van der Waals surface area contributed by atoms with Crippen LogP contribution in [0.1, 0.15) is 0 Å². The van der Waals surface area contributed by atoms with E-state index in [1.54, 1.807) is 7.11 Å². The monoisotopic (exact) mass is 254 g/mol. The second kappa shape index (κ2) is 13.2. The van der Waals surface area contributed by atoms with E-state index in [-0.39, 0.29) is 22.4 Å². The van der Waals surface area contributed by atoms with Crippen molar-refractivity contribution >= 4 is 0 Å². The minimum atomic E-state index is 0. The van der Waals surface area contributed by atoms with Gasteiger partial charge in [-0.05, 0) is 0 Å². The van der Waals surface area contributed by atoms with E-state index in [0.717, 1.165) is 0 Å². The smallest absolute Gasteiger partial charge is 0.411 e. The molecule has 0 spiro atoms. The Morgan fingerprint density at radius 3 is 2.09 bits per heavy atom. The molecular formula is C7H15AgO3. The van der Waals surface area contributed by atoms with Gasteiger partial charge in [-0.25, -0.2) is 0 Å². The van der Waals surface area contributed by atoms with Crippen molar-refractivity contribution in [3.05, 3.63) is 6.92 Å². The molecule has 0 saturated heterocycles. The van der Waals surface area contributed by atoms with Gasteiger partial charge in [-0.1, -0.05) is 6.61 Å². The van der Waals surface area contributed by atoms with Gasteiger partial charge in [0.05, 0.1) is 26.4 Å². The molecule has 0 atom stereocenters. The van der Waals surface area contributed by atoms with Gasteiger partial charge in [-0.15, -0.1) is 0 Å². The summed E-state index contributed by atoms with van der Waals surface area (Å²) in [5.74, 6) is 0. The summed E-state index contributed by atoms with van der Waals surface area (Å²) in [6.45, 7) is 6.55.